The second kappa shape index (κ2) is 7.60. The first-order chi connectivity index (χ1) is 12.1. The zero-order valence-electron chi connectivity index (χ0n) is 14.5. The van der Waals surface area contributed by atoms with Crippen molar-refractivity contribution in [2.24, 2.45) is 0 Å². The number of unbranched alkanes of at least 4 members (excludes halogenated alkanes) is 1. The first-order valence-electron chi connectivity index (χ1n) is 8.84. The third kappa shape index (κ3) is 3.63. The number of hydrogen-bond acceptors (Lipinski definition) is 4. The van der Waals surface area contributed by atoms with Crippen molar-refractivity contribution in [2.45, 2.75) is 19.8 Å². The highest BCUT2D eigenvalue weighted by Gasteiger charge is 2.46. The molecule has 134 valence electrons. The number of nitrogens with zero attached hydrogens (tertiary/aromatic N) is 3. The molecule has 8 heteroatoms. The Hall–Kier alpha value is -2.48. The molecule has 1 aromatic heterocycles. The maximum absolute atomic E-state index is 12.4. The molecule has 25 heavy (non-hydrogen) atoms. The lowest BCUT2D eigenvalue weighted by molar-refractivity contribution is -0.908. The highest BCUT2D eigenvalue weighted by Crippen LogP contribution is 2.12. The number of aromatic nitrogens is 1. The number of quaternary nitrogens is 1. The summed E-state index contributed by atoms with van der Waals surface area (Å²) in [7, 11) is 0. The Labute approximate surface area is 147 Å². The molecule has 0 aromatic carbocycles. The van der Waals surface area contributed by atoms with E-state index in [0.717, 1.165) is 59.5 Å². The van der Waals surface area contributed by atoms with Crippen LogP contribution in [0.15, 0.2) is 24.4 Å². The Morgan fingerprint density at radius 2 is 1.80 bits per heavy atom. The molecule has 2 aliphatic rings. The molecule has 2 N–H and O–H groups in total. The lowest BCUT2D eigenvalue weighted by Crippen LogP contribution is -3.16. The summed E-state index contributed by atoms with van der Waals surface area (Å²) in [5, 5.41) is 0. The number of carbonyl (C=O) groups excluding carboxylic acids is 3. The lowest BCUT2D eigenvalue weighted by atomic mass is 10.3. The van der Waals surface area contributed by atoms with Gasteiger partial charge in [0.25, 0.3) is 5.82 Å². The fraction of sp³-hybridized carbons (Fsp3) is 0.529. The number of nitrogens with one attached hydrogen (secondary N) is 2. The van der Waals surface area contributed by atoms with Gasteiger partial charge in [-0.2, -0.15) is 0 Å². The predicted molar refractivity (Wildman–Crippen MR) is 89.6 cm³/mol. The minimum Gasteiger partial charge on any atom is -0.311 e. The van der Waals surface area contributed by atoms with E-state index in [4.69, 9.17) is 0 Å². The van der Waals surface area contributed by atoms with Gasteiger partial charge in [-0.05, 0) is 12.5 Å². The van der Waals surface area contributed by atoms with E-state index in [0.29, 0.717) is 6.54 Å². The molecule has 3 heterocycles. The van der Waals surface area contributed by atoms with Crippen LogP contribution in [0.3, 0.4) is 0 Å². The summed E-state index contributed by atoms with van der Waals surface area (Å²) >= 11 is 0. The van der Waals surface area contributed by atoms with Crippen molar-refractivity contribution in [3.63, 3.8) is 0 Å². The zero-order chi connectivity index (χ0) is 17.8. The van der Waals surface area contributed by atoms with E-state index in [9.17, 15) is 14.4 Å². The minimum absolute atomic E-state index is 0.262. The first-order valence-corrected chi connectivity index (χ1v) is 8.84. The van der Waals surface area contributed by atoms with Gasteiger partial charge in [0, 0.05) is 12.6 Å². The molecule has 1 aromatic rings. The number of urea groups is 1. The van der Waals surface area contributed by atoms with Crippen molar-refractivity contribution in [1.29, 1.82) is 0 Å². The third-order valence-electron chi connectivity index (χ3n) is 4.76. The van der Waals surface area contributed by atoms with Gasteiger partial charge < -0.3 is 4.90 Å². The average Bonchev–Trinajstić information content (AvgIpc) is 2.85. The van der Waals surface area contributed by atoms with Gasteiger partial charge in [0.15, 0.2) is 6.67 Å². The Bertz CT molecular complexity index is 643. The largest absolute Gasteiger partial charge is 0.338 e. The van der Waals surface area contributed by atoms with Crippen molar-refractivity contribution in [2.75, 3.05) is 44.3 Å². The number of hydrogen-bond donors (Lipinski definition) is 1. The van der Waals surface area contributed by atoms with Crippen molar-refractivity contribution in [3.8, 4) is 0 Å². The number of carbonyl (C=O) groups is 3. The maximum Gasteiger partial charge on any atom is 0.338 e. The minimum atomic E-state index is -0.688. The summed E-state index contributed by atoms with van der Waals surface area (Å²) in [4.78, 5) is 45.3. The summed E-state index contributed by atoms with van der Waals surface area (Å²) in [5.41, 5.74) is 0. The second-order valence-electron chi connectivity index (χ2n) is 6.47. The molecule has 3 rings (SSSR count). The number of aromatic amines is 1. The van der Waals surface area contributed by atoms with Crippen LogP contribution in [0.25, 0.3) is 0 Å². The summed E-state index contributed by atoms with van der Waals surface area (Å²) < 4.78 is 0. The van der Waals surface area contributed by atoms with E-state index in [1.165, 1.54) is 0 Å². The molecule has 2 aliphatic heterocycles. The van der Waals surface area contributed by atoms with Gasteiger partial charge >= 0.3 is 17.8 Å². The molecule has 2 fully saturated rings. The van der Waals surface area contributed by atoms with Crippen LogP contribution < -0.4 is 14.8 Å². The van der Waals surface area contributed by atoms with Crippen molar-refractivity contribution >= 4 is 23.7 Å². The van der Waals surface area contributed by atoms with Crippen LogP contribution in [0, 0.1) is 0 Å². The van der Waals surface area contributed by atoms with Gasteiger partial charge in [0.1, 0.15) is 26.2 Å². The van der Waals surface area contributed by atoms with Crippen molar-refractivity contribution in [1.82, 2.24) is 9.80 Å². The number of anilines is 1. The number of pyridine rings is 1. The fourth-order valence-electron chi connectivity index (χ4n) is 3.23. The SMILES string of the molecule is CCCCN1C(=O)C(=O)N(C[NH+]2CCN(c3cccc[nH+]3)CC2)C1=O. The molecule has 8 nitrogen and oxygen atoms in total. The van der Waals surface area contributed by atoms with Crippen LogP contribution in [0.1, 0.15) is 19.8 Å². The molecule has 2 saturated heterocycles. The van der Waals surface area contributed by atoms with Crippen LogP contribution in [-0.4, -0.2) is 67.0 Å². The molecule has 0 unspecified atom stereocenters. The zero-order valence-corrected chi connectivity index (χ0v) is 14.5. The molecular formula is C17H25N5O3+2. The quantitative estimate of drug-likeness (QED) is 0.515. The smallest absolute Gasteiger partial charge is 0.311 e. The van der Waals surface area contributed by atoms with Gasteiger partial charge in [-0.15, -0.1) is 0 Å². The van der Waals surface area contributed by atoms with Crippen LogP contribution >= 0.6 is 0 Å². The van der Waals surface area contributed by atoms with Crippen LogP contribution in [0.2, 0.25) is 0 Å². The van der Waals surface area contributed by atoms with Crippen molar-refractivity contribution < 1.29 is 24.3 Å². The molecule has 0 saturated carbocycles. The summed E-state index contributed by atoms with van der Waals surface area (Å²) in [6.07, 6.45) is 3.49. The number of imide groups is 2. The van der Waals surface area contributed by atoms with E-state index in [2.05, 4.69) is 9.88 Å². The average molecular weight is 347 g/mol. The molecule has 0 radical (unpaired) electrons. The Morgan fingerprint density at radius 1 is 1.08 bits per heavy atom. The van der Waals surface area contributed by atoms with Crippen LogP contribution in [0.4, 0.5) is 10.6 Å². The predicted octanol–water partition coefficient (Wildman–Crippen LogP) is -1.25. The summed E-state index contributed by atoms with van der Waals surface area (Å²) in [6, 6.07) is 5.50. The van der Waals surface area contributed by atoms with Gasteiger partial charge in [-0.25, -0.2) is 14.7 Å². The molecular weight excluding hydrogens is 322 g/mol. The summed E-state index contributed by atoms with van der Waals surface area (Å²) in [5.74, 6) is -0.307. The summed E-state index contributed by atoms with van der Waals surface area (Å²) in [6.45, 7) is 5.85. The number of H-pyrrole nitrogens is 1. The lowest BCUT2D eigenvalue weighted by Gasteiger charge is -2.29. The fourth-order valence-corrected chi connectivity index (χ4v) is 3.23. The van der Waals surface area contributed by atoms with Crippen LogP contribution in [0.5, 0.6) is 0 Å². The number of amides is 4. The highest BCUT2D eigenvalue weighted by molar-refractivity contribution is 6.44. The van der Waals surface area contributed by atoms with E-state index < -0.39 is 17.8 Å². The normalized spacial score (nSPS) is 19.2. The Kier molecular flexibility index (Phi) is 5.28. The topological polar surface area (TPSA) is 79.5 Å². The molecule has 0 bridgehead atoms. The maximum atomic E-state index is 12.4. The third-order valence-corrected chi connectivity index (χ3v) is 4.76. The molecule has 0 spiro atoms. The monoisotopic (exact) mass is 347 g/mol. The Balaban J connectivity index is 1.56. The Morgan fingerprint density at radius 3 is 2.44 bits per heavy atom. The van der Waals surface area contributed by atoms with E-state index in [-0.39, 0.29) is 6.67 Å². The van der Waals surface area contributed by atoms with Gasteiger partial charge in [0.2, 0.25) is 0 Å². The number of piperazine rings is 1. The first kappa shape index (κ1) is 17.3. The van der Waals surface area contributed by atoms with E-state index in [1.807, 2.05) is 31.3 Å². The highest BCUT2D eigenvalue weighted by atomic mass is 16.2. The molecule has 0 aliphatic carbocycles. The van der Waals surface area contributed by atoms with Gasteiger partial charge in [-0.1, -0.05) is 19.4 Å². The molecule has 4 amide bonds. The van der Waals surface area contributed by atoms with E-state index >= 15 is 0 Å². The van der Waals surface area contributed by atoms with Gasteiger partial charge in [0.05, 0.1) is 6.20 Å². The van der Waals surface area contributed by atoms with Crippen molar-refractivity contribution in [3.05, 3.63) is 24.4 Å². The van der Waals surface area contributed by atoms with Crippen LogP contribution in [-0.2, 0) is 9.59 Å². The standard InChI is InChI=1S/C17H23N5O3/c1-2-3-8-21-15(23)16(24)22(17(21)25)13-19-9-11-20(12-10-19)14-6-4-5-7-18-14/h4-7H,2-3,8-13H2,1H3/p+2. The molecule has 0 atom stereocenters. The number of rotatable bonds is 6. The van der Waals surface area contributed by atoms with E-state index in [1.54, 1.807) is 0 Å². The van der Waals surface area contributed by atoms with Gasteiger partial charge in [-0.3, -0.25) is 19.4 Å². The second-order valence-corrected chi connectivity index (χ2v) is 6.47.